The lowest BCUT2D eigenvalue weighted by atomic mass is 10.1. The van der Waals surface area contributed by atoms with Crippen LogP contribution in [0, 0.1) is 23.0 Å². The summed E-state index contributed by atoms with van der Waals surface area (Å²) in [6.07, 6.45) is 0.921. The zero-order chi connectivity index (χ0) is 13.3. The zero-order valence-electron chi connectivity index (χ0n) is 9.36. The Morgan fingerprint density at radius 1 is 1.44 bits per heavy atom. The molecule has 1 N–H and O–H groups in total. The molecule has 0 aromatic heterocycles. The average Bonchev–Trinajstić information content (AvgIpc) is 2.77. The van der Waals surface area contributed by atoms with Gasteiger partial charge in [0.25, 0.3) is 0 Å². The molecule has 0 saturated carbocycles. The van der Waals surface area contributed by atoms with E-state index in [0.717, 1.165) is 12.1 Å². The Labute approximate surface area is 102 Å². The molecule has 94 valence electrons. The average molecular weight is 252 g/mol. The molecule has 0 unspecified atom stereocenters. The summed E-state index contributed by atoms with van der Waals surface area (Å²) in [5.74, 6) is -2.91. The first-order valence-electron chi connectivity index (χ1n) is 5.43. The van der Waals surface area contributed by atoms with Crippen LogP contribution in [-0.4, -0.2) is 23.7 Å². The maximum atomic E-state index is 13.8. The van der Waals surface area contributed by atoms with Crippen LogP contribution >= 0.6 is 0 Å². The van der Waals surface area contributed by atoms with Gasteiger partial charge in [-0.05, 0) is 25.0 Å². The Morgan fingerprint density at radius 3 is 2.56 bits per heavy atom. The summed E-state index contributed by atoms with van der Waals surface area (Å²) >= 11 is 0. The molecule has 1 aliphatic heterocycles. The maximum absolute atomic E-state index is 13.8. The van der Waals surface area contributed by atoms with Crippen molar-refractivity contribution in [1.29, 1.82) is 5.26 Å². The molecule has 1 aromatic carbocycles. The predicted molar refractivity (Wildman–Crippen MR) is 59.1 cm³/mol. The number of hydrogen-bond acceptors (Lipinski definition) is 3. The molecule has 2 rings (SSSR count). The lowest BCUT2D eigenvalue weighted by molar-refractivity contribution is -0.138. The van der Waals surface area contributed by atoms with E-state index in [-0.39, 0.29) is 17.8 Å². The van der Waals surface area contributed by atoms with Crippen LogP contribution in [0.15, 0.2) is 12.1 Å². The Hall–Kier alpha value is -2.16. The topological polar surface area (TPSA) is 64.3 Å². The van der Waals surface area contributed by atoms with Gasteiger partial charge in [-0.25, -0.2) is 13.6 Å². The van der Waals surface area contributed by atoms with Crippen LogP contribution in [-0.2, 0) is 4.79 Å². The Kier molecular flexibility index (Phi) is 3.15. The molecule has 0 amide bonds. The second-order valence-corrected chi connectivity index (χ2v) is 4.09. The molecule has 1 atom stereocenters. The molecule has 1 aliphatic rings. The molecule has 4 nitrogen and oxygen atoms in total. The highest BCUT2D eigenvalue weighted by Crippen LogP contribution is 2.31. The highest BCUT2D eigenvalue weighted by molar-refractivity contribution is 5.79. The van der Waals surface area contributed by atoms with E-state index in [4.69, 9.17) is 10.4 Å². The van der Waals surface area contributed by atoms with E-state index < -0.39 is 23.6 Å². The molecule has 0 bridgehead atoms. The third kappa shape index (κ3) is 1.99. The number of anilines is 1. The summed E-state index contributed by atoms with van der Waals surface area (Å²) in [6.45, 7) is 0.288. The molecule has 1 fully saturated rings. The van der Waals surface area contributed by atoms with E-state index in [1.807, 2.05) is 0 Å². The van der Waals surface area contributed by atoms with E-state index in [2.05, 4.69) is 0 Å². The van der Waals surface area contributed by atoms with E-state index in [9.17, 15) is 13.6 Å². The van der Waals surface area contributed by atoms with Gasteiger partial charge in [0, 0.05) is 6.54 Å². The second kappa shape index (κ2) is 4.61. The van der Waals surface area contributed by atoms with Crippen LogP contribution in [0.2, 0.25) is 0 Å². The summed E-state index contributed by atoms with van der Waals surface area (Å²) in [5, 5.41) is 17.6. The summed E-state index contributed by atoms with van der Waals surface area (Å²) < 4.78 is 27.5. The van der Waals surface area contributed by atoms with Gasteiger partial charge in [0.15, 0.2) is 11.6 Å². The van der Waals surface area contributed by atoms with E-state index in [1.165, 1.54) is 4.90 Å². The monoisotopic (exact) mass is 252 g/mol. The number of carbonyl (C=O) groups is 1. The van der Waals surface area contributed by atoms with Crippen molar-refractivity contribution >= 4 is 11.7 Å². The molecule has 0 spiro atoms. The van der Waals surface area contributed by atoms with Gasteiger partial charge in [0.2, 0.25) is 0 Å². The number of halogens is 2. The van der Waals surface area contributed by atoms with Crippen molar-refractivity contribution in [3.05, 3.63) is 29.3 Å². The largest absolute Gasteiger partial charge is 0.480 e. The number of aliphatic carboxylic acids is 1. The number of hydrogen-bond donors (Lipinski definition) is 1. The van der Waals surface area contributed by atoms with Crippen LogP contribution in [0.3, 0.4) is 0 Å². The molecule has 1 heterocycles. The molecule has 1 aromatic rings. The Bertz CT molecular complexity index is 516. The van der Waals surface area contributed by atoms with E-state index in [0.29, 0.717) is 12.8 Å². The minimum atomic E-state index is -1.10. The second-order valence-electron chi connectivity index (χ2n) is 4.09. The zero-order valence-corrected chi connectivity index (χ0v) is 9.36. The quantitative estimate of drug-likeness (QED) is 0.872. The van der Waals surface area contributed by atoms with Gasteiger partial charge in [-0.15, -0.1) is 0 Å². The van der Waals surface area contributed by atoms with Crippen LogP contribution < -0.4 is 4.90 Å². The Morgan fingerprint density at radius 2 is 2.06 bits per heavy atom. The number of carboxylic acid groups (broad SMARTS) is 1. The third-order valence-electron chi connectivity index (χ3n) is 2.97. The number of rotatable bonds is 2. The van der Waals surface area contributed by atoms with Crippen molar-refractivity contribution in [2.75, 3.05) is 11.4 Å². The summed E-state index contributed by atoms with van der Waals surface area (Å²) in [4.78, 5) is 12.2. The van der Waals surface area contributed by atoms with Crippen LogP contribution in [0.5, 0.6) is 0 Å². The number of benzene rings is 1. The lowest BCUT2D eigenvalue weighted by Gasteiger charge is -2.24. The van der Waals surface area contributed by atoms with E-state index >= 15 is 0 Å². The summed E-state index contributed by atoms with van der Waals surface area (Å²) in [5.41, 5.74) is -0.487. The first kappa shape index (κ1) is 12.3. The van der Waals surface area contributed by atoms with Crippen molar-refractivity contribution in [2.45, 2.75) is 18.9 Å². The molecule has 18 heavy (non-hydrogen) atoms. The normalized spacial score (nSPS) is 18.7. The van der Waals surface area contributed by atoms with Gasteiger partial charge in [-0.1, -0.05) is 0 Å². The fraction of sp³-hybridized carbons (Fsp3) is 0.333. The van der Waals surface area contributed by atoms with Crippen molar-refractivity contribution in [1.82, 2.24) is 0 Å². The molecule has 1 saturated heterocycles. The standard InChI is InChI=1S/C12H10F2N2O2/c13-8-4-7(6-15)5-9(14)11(8)16-3-1-2-10(16)12(17)18/h4-5,10H,1-3H2,(H,17,18)/t10-/m0/s1. The highest BCUT2D eigenvalue weighted by Gasteiger charge is 2.34. The minimum absolute atomic E-state index is 0.125. The lowest BCUT2D eigenvalue weighted by Crippen LogP contribution is -2.37. The molecule has 6 heteroatoms. The van der Waals surface area contributed by atoms with Crippen LogP contribution in [0.25, 0.3) is 0 Å². The summed E-state index contributed by atoms with van der Waals surface area (Å²) in [7, 11) is 0. The highest BCUT2D eigenvalue weighted by atomic mass is 19.1. The van der Waals surface area contributed by atoms with Gasteiger partial charge in [-0.2, -0.15) is 5.26 Å². The number of nitrogens with zero attached hydrogens (tertiary/aromatic N) is 2. The molecular formula is C12H10F2N2O2. The van der Waals surface area contributed by atoms with Gasteiger partial charge in [0.05, 0.1) is 11.6 Å². The first-order chi connectivity index (χ1) is 8.54. The van der Waals surface area contributed by atoms with Gasteiger partial charge < -0.3 is 10.0 Å². The van der Waals surface area contributed by atoms with Crippen molar-refractivity contribution in [3.63, 3.8) is 0 Å². The van der Waals surface area contributed by atoms with Gasteiger partial charge in [-0.3, -0.25) is 0 Å². The SMILES string of the molecule is N#Cc1cc(F)c(N2CCC[C@H]2C(=O)O)c(F)c1. The predicted octanol–water partition coefficient (Wildman–Crippen LogP) is 1.89. The van der Waals surface area contributed by atoms with Crippen LogP contribution in [0.1, 0.15) is 18.4 Å². The summed E-state index contributed by atoms with van der Waals surface area (Å²) in [6, 6.07) is 2.56. The van der Waals surface area contributed by atoms with Gasteiger partial charge in [0.1, 0.15) is 11.7 Å². The number of nitriles is 1. The maximum Gasteiger partial charge on any atom is 0.326 e. The van der Waals surface area contributed by atoms with Crippen molar-refractivity contribution in [3.8, 4) is 6.07 Å². The first-order valence-corrected chi connectivity index (χ1v) is 5.43. The Balaban J connectivity index is 2.45. The van der Waals surface area contributed by atoms with E-state index in [1.54, 1.807) is 6.07 Å². The minimum Gasteiger partial charge on any atom is -0.480 e. The molecule has 0 radical (unpaired) electrons. The van der Waals surface area contributed by atoms with Gasteiger partial charge >= 0.3 is 5.97 Å². The fourth-order valence-corrected chi connectivity index (χ4v) is 2.20. The third-order valence-corrected chi connectivity index (χ3v) is 2.97. The van der Waals surface area contributed by atoms with Crippen LogP contribution in [0.4, 0.5) is 14.5 Å². The van der Waals surface area contributed by atoms with Crippen molar-refractivity contribution < 1.29 is 18.7 Å². The van der Waals surface area contributed by atoms with Crippen molar-refractivity contribution in [2.24, 2.45) is 0 Å². The molecular weight excluding hydrogens is 242 g/mol. The molecule has 0 aliphatic carbocycles. The number of carboxylic acids is 1. The smallest absolute Gasteiger partial charge is 0.326 e. The fourth-order valence-electron chi connectivity index (χ4n) is 2.20.